The predicted octanol–water partition coefficient (Wildman–Crippen LogP) is 4.46. The van der Waals surface area contributed by atoms with Crippen LogP contribution in [0.15, 0.2) is 30.5 Å². The zero-order valence-electron chi connectivity index (χ0n) is 11.7. The third-order valence-corrected chi connectivity index (χ3v) is 3.83. The van der Waals surface area contributed by atoms with Crippen LogP contribution in [0.1, 0.15) is 32.6 Å². The molecule has 2 aromatic rings. The first-order valence-electron chi connectivity index (χ1n) is 7.27. The molecule has 2 rings (SSSR count). The van der Waals surface area contributed by atoms with E-state index in [0.717, 1.165) is 30.0 Å². The van der Waals surface area contributed by atoms with Crippen molar-refractivity contribution in [1.29, 1.82) is 0 Å². The van der Waals surface area contributed by atoms with E-state index in [-0.39, 0.29) is 0 Å². The van der Waals surface area contributed by atoms with Crippen molar-refractivity contribution in [2.75, 3.05) is 13.1 Å². The number of benzene rings is 1. The summed E-state index contributed by atoms with van der Waals surface area (Å²) in [4.78, 5) is 0. The van der Waals surface area contributed by atoms with Crippen molar-refractivity contribution in [1.82, 2.24) is 9.88 Å². The standard InChI is InChI=1S/C16H23ClN2/c1-2-3-4-5-10-18-11-13-19-12-9-14-15(17)7-6-8-16(14)19/h6-9,12,18H,2-5,10-11,13H2,1H3. The van der Waals surface area contributed by atoms with Crippen molar-refractivity contribution in [3.63, 3.8) is 0 Å². The lowest BCUT2D eigenvalue weighted by Crippen LogP contribution is -2.20. The van der Waals surface area contributed by atoms with E-state index in [2.05, 4.69) is 35.1 Å². The molecule has 19 heavy (non-hydrogen) atoms. The predicted molar refractivity (Wildman–Crippen MR) is 84.0 cm³/mol. The SMILES string of the molecule is CCCCCCNCCn1ccc2c(Cl)cccc21. The summed E-state index contributed by atoms with van der Waals surface area (Å²) >= 11 is 6.17. The number of nitrogens with one attached hydrogen (secondary N) is 1. The Kier molecular flexibility index (Phi) is 5.74. The number of unbranched alkanes of at least 4 members (excludes halogenated alkanes) is 3. The van der Waals surface area contributed by atoms with Crippen LogP contribution in [0.25, 0.3) is 10.9 Å². The van der Waals surface area contributed by atoms with E-state index in [9.17, 15) is 0 Å². The second-order valence-corrected chi connectivity index (χ2v) is 5.40. The van der Waals surface area contributed by atoms with Crippen molar-refractivity contribution in [2.45, 2.75) is 39.2 Å². The fraction of sp³-hybridized carbons (Fsp3) is 0.500. The van der Waals surface area contributed by atoms with Crippen LogP contribution >= 0.6 is 11.6 Å². The lowest BCUT2D eigenvalue weighted by atomic mass is 10.2. The summed E-state index contributed by atoms with van der Waals surface area (Å²) in [6, 6.07) is 8.18. The third kappa shape index (κ3) is 3.99. The third-order valence-electron chi connectivity index (χ3n) is 3.50. The average Bonchev–Trinajstić information content (AvgIpc) is 2.83. The Morgan fingerprint density at radius 1 is 1.11 bits per heavy atom. The minimum Gasteiger partial charge on any atom is -0.346 e. The van der Waals surface area contributed by atoms with Gasteiger partial charge in [0.2, 0.25) is 0 Å². The van der Waals surface area contributed by atoms with Gasteiger partial charge in [0.1, 0.15) is 0 Å². The first kappa shape index (κ1) is 14.4. The zero-order chi connectivity index (χ0) is 13.5. The molecule has 0 bridgehead atoms. The van der Waals surface area contributed by atoms with E-state index in [1.54, 1.807) is 0 Å². The van der Waals surface area contributed by atoms with Crippen LogP contribution in [-0.4, -0.2) is 17.7 Å². The van der Waals surface area contributed by atoms with E-state index in [0.29, 0.717) is 0 Å². The molecule has 1 heterocycles. The summed E-state index contributed by atoms with van der Waals surface area (Å²) in [5.41, 5.74) is 1.22. The second-order valence-electron chi connectivity index (χ2n) is 4.99. The molecule has 0 atom stereocenters. The highest BCUT2D eigenvalue weighted by atomic mass is 35.5. The van der Waals surface area contributed by atoms with E-state index >= 15 is 0 Å². The number of nitrogens with zero attached hydrogens (tertiary/aromatic N) is 1. The van der Waals surface area contributed by atoms with Crippen molar-refractivity contribution in [2.24, 2.45) is 0 Å². The van der Waals surface area contributed by atoms with E-state index in [4.69, 9.17) is 11.6 Å². The molecule has 0 saturated heterocycles. The van der Waals surface area contributed by atoms with Crippen molar-refractivity contribution >= 4 is 22.5 Å². The summed E-state index contributed by atoms with van der Waals surface area (Å²) in [6.07, 6.45) is 7.39. The molecule has 3 heteroatoms. The molecule has 0 unspecified atom stereocenters. The smallest absolute Gasteiger partial charge is 0.0499 e. The Morgan fingerprint density at radius 3 is 2.84 bits per heavy atom. The maximum absolute atomic E-state index is 6.17. The van der Waals surface area contributed by atoms with Crippen molar-refractivity contribution in [3.8, 4) is 0 Å². The monoisotopic (exact) mass is 278 g/mol. The first-order chi connectivity index (χ1) is 9.33. The molecule has 2 nitrogen and oxygen atoms in total. The molecule has 0 aliphatic carbocycles. The molecule has 0 aliphatic heterocycles. The molecule has 0 radical (unpaired) electrons. The topological polar surface area (TPSA) is 17.0 Å². The van der Waals surface area contributed by atoms with Gasteiger partial charge in [0.15, 0.2) is 0 Å². The second kappa shape index (κ2) is 7.56. The van der Waals surface area contributed by atoms with Gasteiger partial charge in [0.25, 0.3) is 0 Å². The quantitative estimate of drug-likeness (QED) is 0.705. The Hall–Kier alpha value is -0.990. The van der Waals surface area contributed by atoms with Crippen molar-refractivity contribution in [3.05, 3.63) is 35.5 Å². The van der Waals surface area contributed by atoms with Gasteiger partial charge in [-0.2, -0.15) is 0 Å². The Bertz CT molecular complexity index is 504. The molecule has 1 aromatic carbocycles. The number of halogens is 1. The number of hydrogen-bond acceptors (Lipinski definition) is 1. The minimum absolute atomic E-state index is 0.837. The summed E-state index contributed by atoms with van der Waals surface area (Å²) in [5, 5.41) is 5.49. The van der Waals surface area contributed by atoms with Crippen LogP contribution < -0.4 is 5.32 Å². The molecule has 0 amide bonds. The van der Waals surface area contributed by atoms with Crippen LogP contribution in [0.4, 0.5) is 0 Å². The molecule has 1 aromatic heterocycles. The van der Waals surface area contributed by atoms with Gasteiger partial charge in [-0.25, -0.2) is 0 Å². The molecular formula is C16H23ClN2. The minimum atomic E-state index is 0.837. The maximum atomic E-state index is 6.17. The average molecular weight is 279 g/mol. The normalized spacial score (nSPS) is 11.3. The van der Waals surface area contributed by atoms with Crippen LogP contribution in [0, 0.1) is 0 Å². The van der Waals surface area contributed by atoms with Gasteiger partial charge in [-0.1, -0.05) is 43.9 Å². The molecule has 0 fully saturated rings. The fourth-order valence-electron chi connectivity index (χ4n) is 2.38. The Labute approximate surface area is 120 Å². The molecule has 0 aliphatic rings. The molecule has 104 valence electrons. The summed E-state index contributed by atoms with van der Waals surface area (Å²) in [7, 11) is 0. The zero-order valence-corrected chi connectivity index (χ0v) is 12.4. The van der Waals surface area contributed by atoms with Gasteiger partial charge < -0.3 is 9.88 Å². The Balaban J connectivity index is 1.77. The van der Waals surface area contributed by atoms with E-state index < -0.39 is 0 Å². The number of fused-ring (bicyclic) bond motifs is 1. The first-order valence-corrected chi connectivity index (χ1v) is 7.65. The summed E-state index contributed by atoms with van der Waals surface area (Å²) in [5.74, 6) is 0. The lowest BCUT2D eigenvalue weighted by molar-refractivity contribution is 0.567. The fourth-order valence-corrected chi connectivity index (χ4v) is 2.61. The Morgan fingerprint density at radius 2 is 2.00 bits per heavy atom. The van der Waals surface area contributed by atoms with Crippen LogP contribution in [-0.2, 0) is 6.54 Å². The van der Waals surface area contributed by atoms with Gasteiger partial charge in [-0.15, -0.1) is 0 Å². The van der Waals surface area contributed by atoms with Crippen LogP contribution in [0.5, 0.6) is 0 Å². The van der Waals surface area contributed by atoms with Gasteiger partial charge in [0, 0.05) is 35.2 Å². The van der Waals surface area contributed by atoms with E-state index in [1.807, 2.05) is 12.1 Å². The largest absolute Gasteiger partial charge is 0.346 e. The van der Waals surface area contributed by atoms with Gasteiger partial charge in [-0.3, -0.25) is 0 Å². The van der Waals surface area contributed by atoms with Crippen LogP contribution in [0.2, 0.25) is 5.02 Å². The maximum Gasteiger partial charge on any atom is 0.0499 e. The molecule has 0 spiro atoms. The van der Waals surface area contributed by atoms with Gasteiger partial charge in [-0.05, 0) is 31.2 Å². The van der Waals surface area contributed by atoms with Crippen LogP contribution in [0.3, 0.4) is 0 Å². The lowest BCUT2D eigenvalue weighted by Gasteiger charge is -2.07. The highest BCUT2D eigenvalue weighted by molar-refractivity contribution is 6.35. The highest BCUT2D eigenvalue weighted by Gasteiger charge is 2.03. The van der Waals surface area contributed by atoms with Gasteiger partial charge >= 0.3 is 0 Å². The molecule has 1 N–H and O–H groups in total. The van der Waals surface area contributed by atoms with Crippen molar-refractivity contribution < 1.29 is 0 Å². The molecule has 0 saturated carbocycles. The van der Waals surface area contributed by atoms with Gasteiger partial charge in [0.05, 0.1) is 0 Å². The summed E-state index contributed by atoms with van der Waals surface area (Å²) < 4.78 is 2.26. The summed E-state index contributed by atoms with van der Waals surface area (Å²) in [6.45, 7) is 5.38. The number of aromatic nitrogens is 1. The number of hydrogen-bond donors (Lipinski definition) is 1. The number of rotatable bonds is 8. The van der Waals surface area contributed by atoms with E-state index in [1.165, 1.54) is 31.2 Å². The highest BCUT2D eigenvalue weighted by Crippen LogP contribution is 2.23. The molecular weight excluding hydrogens is 256 g/mol.